The molecule has 0 fully saturated rings. The van der Waals surface area contributed by atoms with E-state index in [0.29, 0.717) is 6.54 Å². The van der Waals surface area contributed by atoms with Gasteiger partial charge in [0.2, 0.25) is 0 Å². The Morgan fingerprint density at radius 3 is 2.61 bits per heavy atom. The molecular formula is C23H21N3O2. The molecule has 0 aliphatic heterocycles. The number of benzene rings is 2. The van der Waals surface area contributed by atoms with Crippen LogP contribution in [0.15, 0.2) is 72.9 Å². The molecule has 0 bridgehead atoms. The Kier molecular flexibility index (Phi) is 4.11. The molecule has 5 aromatic rings. The highest BCUT2D eigenvalue weighted by Crippen LogP contribution is 2.25. The minimum absolute atomic E-state index is 0.322. The molecule has 0 spiro atoms. The third-order valence-corrected chi connectivity index (χ3v) is 5.24. The molecule has 0 unspecified atom stereocenters. The van der Waals surface area contributed by atoms with E-state index in [1.165, 1.54) is 16.4 Å². The molecule has 3 heterocycles. The molecule has 0 radical (unpaired) electrons. The molecule has 0 saturated heterocycles. The first kappa shape index (κ1) is 17.0. The predicted octanol–water partition coefficient (Wildman–Crippen LogP) is 4.61. The molecule has 5 rings (SSSR count). The highest BCUT2D eigenvalue weighted by molar-refractivity contribution is 5.86. The van der Waals surface area contributed by atoms with Gasteiger partial charge in [-0.2, -0.15) is 8.80 Å². The Balaban J connectivity index is 1.64. The van der Waals surface area contributed by atoms with Crippen molar-refractivity contribution in [1.82, 2.24) is 4.40 Å². The van der Waals surface area contributed by atoms with Gasteiger partial charge in [-0.05, 0) is 30.3 Å². The normalized spacial score (nSPS) is 12.0. The van der Waals surface area contributed by atoms with E-state index < -0.39 is 0 Å². The van der Waals surface area contributed by atoms with Gasteiger partial charge >= 0.3 is 0 Å². The van der Waals surface area contributed by atoms with E-state index in [9.17, 15) is 0 Å². The van der Waals surface area contributed by atoms with Gasteiger partial charge < -0.3 is 14.8 Å². The second-order valence-electron chi connectivity index (χ2n) is 6.83. The lowest BCUT2D eigenvalue weighted by atomic mass is 10.2. The summed E-state index contributed by atoms with van der Waals surface area (Å²) < 4.78 is 15.0. The van der Waals surface area contributed by atoms with Crippen LogP contribution in [0, 0.1) is 0 Å². The van der Waals surface area contributed by atoms with Gasteiger partial charge in [0.1, 0.15) is 23.5 Å². The fourth-order valence-corrected chi connectivity index (χ4v) is 3.81. The van der Waals surface area contributed by atoms with Crippen LogP contribution in [0.4, 0.5) is 5.69 Å². The molecule has 5 heteroatoms. The molecule has 0 amide bonds. The van der Waals surface area contributed by atoms with Crippen molar-refractivity contribution in [2.24, 2.45) is 0 Å². The van der Waals surface area contributed by atoms with E-state index in [1.54, 1.807) is 14.2 Å². The summed E-state index contributed by atoms with van der Waals surface area (Å²) in [4.78, 5) is 0. The first-order chi connectivity index (χ1) is 13.8. The molecule has 0 aliphatic carbocycles. The zero-order valence-electron chi connectivity index (χ0n) is 15.9. The summed E-state index contributed by atoms with van der Waals surface area (Å²) in [6.45, 7) is 0.468. The first-order valence-corrected chi connectivity index (χ1v) is 9.29. The lowest BCUT2D eigenvalue weighted by Crippen LogP contribution is -2.19. The number of hydrogen-bond donors (Lipinski definition) is 0. The second-order valence-corrected chi connectivity index (χ2v) is 6.83. The number of fused-ring (bicyclic) bond motifs is 7. The summed E-state index contributed by atoms with van der Waals surface area (Å²) in [5, 5.41) is 6.97. The highest BCUT2D eigenvalue weighted by Gasteiger charge is 2.16. The van der Waals surface area contributed by atoms with Gasteiger partial charge in [-0.3, -0.25) is 0 Å². The number of aromatic nitrogens is 2. The molecule has 28 heavy (non-hydrogen) atoms. The molecule has 2 aromatic carbocycles. The number of nitrogens with zero attached hydrogens (tertiary/aromatic N) is 3. The summed E-state index contributed by atoms with van der Waals surface area (Å²) >= 11 is 0. The number of rotatable bonds is 5. The smallest absolute Gasteiger partial charge is 0.292 e. The van der Waals surface area contributed by atoms with Gasteiger partial charge in [0.25, 0.3) is 5.65 Å². The number of ether oxygens (including phenoxy) is 2. The van der Waals surface area contributed by atoms with Crippen LogP contribution in [-0.4, -0.2) is 31.5 Å². The lowest BCUT2D eigenvalue weighted by molar-refractivity contribution is -0.479. The van der Waals surface area contributed by atoms with Gasteiger partial charge in [-0.1, -0.05) is 36.9 Å². The van der Waals surface area contributed by atoms with Crippen LogP contribution >= 0.6 is 0 Å². The molecular weight excluding hydrogens is 350 g/mol. The quantitative estimate of drug-likeness (QED) is 0.334. The minimum atomic E-state index is -0.322. The van der Waals surface area contributed by atoms with Crippen molar-refractivity contribution in [1.29, 1.82) is 0 Å². The van der Waals surface area contributed by atoms with E-state index in [2.05, 4.69) is 81.0 Å². The summed E-state index contributed by atoms with van der Waals surface area (Å²) in [5.41, 5.74) is 5.59. The molecule has 5 nitrogen and oxygen atoms in total. The Bertz CT molecular complexity index is 1310. The van der Waals surface area contributed by atoms with Gasteiger partial charge in [-0.25, -0.2) is 0 Å². The summed E-state index contributed by atoms with van der Waals surface area (Å²) in [6, 6.07) is 23.4. The third-order valence-electron chi connectivity index (χ3n) is 5.24. The fourth-order valence-electron chi connectivity index (χ4n) is 3.81. The van der Waals surface area contributed by atoms with E-state index >= 15 is 0 Å². The van der Waals surface area contributed by atoms with Gasteiger partial charge in [0.05, 0.1) is 0 Å². The van der Waals surface area contributed by atoms with Crippen molar-refractivity contribution >= 4 is 38.7 Å². The fraction of sp³-hybridized carbons (Fsp3) is 0.174. The Morgan fingerprint density at radius 2 is 1.75 bits per heavy atom. The van der Waals surface area contributed by atoms with Crippen molar-refractivity contribution in [3.63, 3.8) is 0 Å². The molecule has 3 aromatic heterocycles. The van der Waals surface area contributed by atoms with Crippen LogP contribution in [0.1, 0.15) is 0 Å². The number of methoxy groups -OCH3 is 2. The molecule has 0 aliphatic rings. The van der Waals surface area contributed by atoms with E-state index in [0.717, 1.165) is 22.2 Å². The van der Waals surface area contributed by atoms with Crippen molar-refractivity contribution in [3.8, 4) is 0 Å². The van der Waals surface area contributed by atoms with Crippen LogP contribution in [0.25, 0.3) is 38.3 Å². The lowest BCUT2D eigenvalue weighted by Gasteiger charge is -2.26. The maximum Gasteiger partial charge on any atom is 0.292 e. The predicted molar refractivity (Wildman–Crippen MR) is 111 cm³/mol. The van der Waals surface area contributed by atoms with Crippen LogP contribution in [0.3, 0.4) is 0 Å². The average Bonchev–Trinajstić information content (AvgIpc) is 3.14. The van der Waals surface area contributed by atoms with Crippen LogP contribution < -0.4 is 4.40 Å². The van der Waals surface area contributed by atoms with Gasteiger partial charge in [0, 0.05) is 31.1 Å². The van der Waals surface area contributed by atoms with Crippen molar-refractivity contribution in [2.75, 3.05) is 20.8 Å². The Morgan fingerprint density at radius 1 is 0.929 bits per heavy atom. The largest absolute Gasteiger partial charge is 0.680 e. The maximum absolute atomic E-state index is 5.21. The summed E-state index contributed by atoms with van der Waals surface area (Å²) in [7, 11) is 3.25. The van der Waals surface area contributed by atoms with E-state index in [4.69, 9.17) is 9.47 Å². The first-order valence-electron chi connectivity index (χ1n) is 9.29. The second kappa shape index (κ2) is 6.78. The number of para-hydroxylation sites is 1. The van der Waals surface area contributed by atoms with Crippen LogP contribution in [0.2, 0.25) is 0 Å². The van der Waals surface area contributed by atoms with Gasteiger partial charge in [0.15, 0.2) is 5.52 Å². The number of hydrogen-bond acceptors (Lipinski definition) is 2. The van der Waals surface area contributed by atoms with Gasteiger partial charge in [-0.15, -0.1) is 5.69 Å². The highest BCUT2D eigenvalue weighted by atomic mass is 16.7. The number of pyridine rings is 2. The summed E-state index contributed by atoms with van der Waals surface area (Å²) in [6.07, 6.45) is 1.87. The van der Waals surface area contributed by atoms with E-state index in [-0.39, 0.29) is 6.29 Å². The molecule has 0 N–H and O–H groups in total. The third kappa shape index (κ3) is 2.68. The molecule has 0 saturated carbocycles. The topological polar surface area (TPSA) is 41.1 Å². The van der Waals surface area contributed by atoms with Crippen LogP contribution in [0.5, 0.6) is 0 Å². The zero-order chi connectivity index (χ0) is 19.1. The van der Waals surface area contributed by atoms with E-state index in [1.807, 2.05) is 6.07 Å². The Hall–Kier alpha value is -3.15. The standard InChI is InChI=1S/C23H21N3O2/c1-27-23(28-2)14-24-18-9-11-20-17(13-18)8-12-22-25(20)15-19-10-7-16-5-3-4-6-21(16)26(19)22/h3-13,15,23H,14H2,1-2H3. The Labute approximate surface area is 162 Å². The van der Waals surface area contributed by atoms with Crippen molar-refractivity contribution in [3.05, 3.63) is 78.2 Å². The zero-order valence-corrected chi connectivity index (χ0v) is 15.9. The number of imidazole rings is 1. The van der Waals surface area contributed by atoms with Crippen molar-refractivity contribution < 1.29 is 13.9 Å². The van der Waals surface area contributed by atoms with Crippen LogP contribution in [-0.2, 0) is 9.47 Å². The molecule has 0 atom stereocenters. The SMILES string of the molecule is COC(C[N-]c1ccc2c(ccc3n4c(ccc5ccccc54)c[n+]23)c1)OC. The minimum Gasteiger partial charge on any atom is -0.680 e. The average molecular weight is 371 g/mol. The maximum atomic E-state index is 5.21. The monoisotopic (exact) mass is 371 g/mol. The van der Waals surface area contributed by atoms with Crippen molar-refractivity contribution in [2.45, 2.75) is 6.29 Å². The summed E-state index contributed by atoms with van der Waals surface area (Å²) in [5.74, 6) is 0. The molecule has 140 valence electrons.